The maximum absolute atomic E-state index is 8.57. The molecule has 0 aliphatic heterocycles. The summed E-state index contributed by atoms with van der Waals surface area (Å²) in [5.41, 5.74) is 0. The molecule has 0 aliphatic carbocycles. The van der Waals surface area contributed by atoms with Crippen LogP contribution in [0.5, 0.6) is 0 Å². The number of hydrogen-bond acceptors (Lipinski definition) is 2. The van der Waals surface area contributed by atoms with Crippen molar-refractivity contribution in [3.8, 4) is 12.1 Å². The third kappa shape index (κ3) is 10.3. The van der Waals surface area contributed by atoms with Crippen LogP contribution < -0.4 is 17.0 Å². The largest absolute Gasteiger partial charge is 1.00 e. The van der Waals surface area contributed by atoms with Crippen LogP contribution in [0.3, 0.4) is 0 Å². The van der Waals surface area contributed by atoms with Crippen LogP contribution in [0.4, 0.5) is 0 Å². The van der Waals surface area contributed by atoms with E-state index in [9.17, 15) is 0 Å². The molecule has 0 radical (unpaired) electrons. The number of likely N-dealkylation sites (N-methyl/N-ethyl adjacent to an activating group) is 2. The topological polar surface area (TPSA) is 47.6 Å². The standard InChI is InChI=1S/C12H24N4.BrH/c1-15(2,9-5-7-13)11-12-16(3,4)10-6-8-14;/h5-6,9-12H2,1-4H3;1H/q+2;/p-1. The van der Waals surface area contributed by atoms with Crippen LogP contribution >= 0.6 is 0 Å². The second-order valence-electron chi connectivity index (χ2n) is 5.58. The van der Waals surface area contributed by atoms with Gasteiger partial charge in [0.25, 0.3) is 0 Å². The van der Waals surface area contributed by atoms with E-state index in [1.807, 2.05) is 0 Å². The van der Waals surface area contributed by atoms with Crippen molar-refractivity contribution < 1.29 is 25.9 Å². The van der Waals surface area contributed by atoms with Crippen molar-refractivity contribution in [2.24, 2.45) is 0 Å². The Morgan fingerprint density at radius 3 is 1.24 bits per heavy atom. The lowest BCUT2D eigenvalue weighted by Crippen LogP contribution is -3.00. The molecule has 0 heterocycles. The first kappa shape index (κ1) is 18.7. The van der Waals surface area contributed by atoms with Gasteiger partial charge in [0.1, 0.15) is 13.1 Å². The molecule has 0 saturated carbocycles. The molecule has 0 aliphatic rings. The van der Waals surface area contributed by atoms with Crippen molar-refractivity contribution in [1.82, 2.24) is 0 Å². The van der Waals surface area contributed by atoms with Gasteiger partial charge in [-0.25, -0.2) is 0 Å². The van der Waals surface area contributed by atoms with E-state index in [4.69, 9.17) is 10.5 Å². The summed E-state index contributed by atoms with van der Waals surface area (Å²) in [4.78, 5) is 0. The molecule has 5 heteroatoms. The van der Waals surface area contributed by atoms with Crippen molar-refractivity contribution in [1.29, 1.82) is 10.5 Å². The summed E-state index contributed by atoms with van der Waals surface area (Å²) in [6.45, 7) is 3.88. The van der Waals surface area contributed by atoms with Gasteiger partial charge in [-0.3, -0.25) is 0 Å². The summed E-state index contributed by atoms with van der Waals surface area (Å²) < 4.78 is 1.75. The summed E-state index contributed by atoms with van der Waals surface area (Å²) in [6.07, 6.45) is 1.22. The van der Waals surface area contributed by atoms with Crippen LogP contribution in [-0.4, -0.2) is 63.3 Å². The Bertz CT molecular complexity index is 256. The summed E-state index contributed by atoms with van der Waals surface area (Å²) in [7, 11) is 8.62. The normalized spacial score (nSPS) is 11.2. The maximum atomic E-state index is 8.57. The molecule has 0 N–H and O–H groups in total. The average Bonchev–Trinajstić information content (AvgIpc) is 2.22. The summed E-state index contributed by atoms with van der Waals surface area (Å²) in [6, 6.07) is 4.38. The fourth-order valence-electron chi connectivity index (χ4n) is 1.47. The van der Waals surface area contributed by atoms with Gasteiger partial charge in [0.2, 0.25) is 0 Å². The van der Waals surface area contributed by atoms with E-state index >= 15 is 0 Å². The third-order valence-electron chi connectivity index (χ3n) is 2.97. The molecule has 98 valence electrons. The second-order valence-corrected chi connectivity index (χ2v) is 5.58. The van der Waals surface area contributed by atoms with Crippen molar-refractivity contribution in [2.75, 3.05) is 54.4 Å². The third-order valence-corrected chi connectivity index (χ3v) is 2.97. The fraction of sp³-hybridized carbons (Fsp3) is 0.833. The lowest BCUT2D eigenvalue weighted by Gasteiger charge is -2.35. The Labute approximate surface area is 116 Å². The molecular weight excluding hydrogens is 280 g/mol. The molecular formula is C12H24BrN4+. The predicted octanol–water partition coefficient (Wildman–Crippen LogP) is -2.03. The molecule has 0 saturated heterocycles. The minimum atomic E-state index is 0. The maximum Gasteiger partial charge on any atom is 0.128 e. The molecule has 4 nitrogen and oxygen atoms in total. The van der Waals surface area contributed by atoms with Gasteiger partial charge in [0.05, 0.1) is 66.3 Å². The molecule has 0 bridgehead atoms. The highest BCUT2D eigenvalue weighted by Gasteiger charge is 2.22. The SMILES string of the molecule is C[N+](C)(CCC#N)CC[N+](C)(C)CCC#N.[Br-]. The number of halogens is 1. The molecule has 0 spiro atoms. The summed E-state index contributed by atoms with van der Waals surface area (Å²) in [5.74, 6) is 0. The Morgan fingerprint density at radius 1 is 0.706 bits per heavy atom. The van der Waals surface area contributed by atoms with Crippen molar-refractivity contribution in [2.45, 2.75) is 12.8 Å². The van der Waals surface area contributed by atoms with Gasteiger partial charge in [0, 0.05) is 0 Å². The Hall–Kier alpha value is -0.620. The highest BCUT2D eigenvalue weighted by molar-refractivity contribution is 4.68. The predicted molar refractivity (Wildman–Crippen MR) is 64.1 cm³/mol. The first-order valence-electron chi connectivity index (χ1n) is 5.71. The van der Waals surface area contributed by atoms with E-state index in [2.05, 4.69) is 40.3 Å². The molecule has 0 aromatic carbocycles. The number of hydrogen-bond donors (Lipinski definition) is 0. The molecule has 0 aromatic rings. The highest BCUT2D eigenvalue weighted by Crippen LogP contribution is 2.04. The number of rotatable bonds is 7. The molecule has 0 amide bonds. The van der Waals surface area contributed by atoms with Gasteiger partial charge in [-0.05, 0) is 0 Å². The van der Waals surface area contributed by atoms with Gasteiger partial charge >= 0.3 is 0 Å². The first-order chi connectivity index (χ1) is 7.33. The minimum absolute atomic E-state index is 0. The first-order valence-corrected chi connectivity index (χ1v) is 5.71. The van der Waals surface area contributed by atoms with E-state index in [1.165, 1.54) is 0 Å². The number of nitrogens with zero attached hydrogens (tertiary/aromatic N) is 4. The molecule has 0 aromatic heterocycles. The number of quaternary nitrogens is 2. The Morgan fingerprint density at radius 2 is 1.00 bits per heavy atom. The molecule has 0 fully saturated rings. The van der Waals surface area contributed by atoms with Crippen LogP contribution in [0.25, 0.3) is 0 Å². The Kier molecular flexibility index (Phi) is 9.33. The zero-order valence-corrected chi connectivity index (χ0v) is 13.0. The van der Waals surface area contributed by atoms with E-state index in [-0.39, 0.29) is 17.0 Å². The second kappa shape index (κ2) is 8.47. The molecule has 0 rings (SSSR count). The number of nitriles is 2. The monoisotopic (exact) mass is 303 g/mol. The van der Waals surface area contributed by atoms with Gasteiger partial charge in [-0.1, -0.05) is 0 Å². The quantitative estimate of drug-likeness (QED) is 0.509. The van der Waals surface area contributed by atoms with Crippen LogP contribution in [0.2, 0.25) is 0 Å². The van der Waals surface area contributed by atoms with Gasteiger partial charge in [0.15, 0.2) is 0 Å². The smallest absolute Gasteiger partial charge is 0.128 e. The van der Waals surface area contributed by atoms with Crippen molar-refractivity contribution in [3.05, 3.63) is 0 Å². The summed E-state index contributed by atoms with van der Waals surface area (Å²) >= 11 is 0. The van der Waals surface area contributed by atoms with E-state index in [0.717, 1.165) is 35.1 Å². The fourth-order valence-corrected chi connectivity index (χ4v) is 1.47. The lowest BCUT2D eigenvalue weighted by atomic mass is 10.3. The van der Waals surface area contributed by atoms with E-state index < -0.39 is 0 Å². The minimum Gasteiger partial charge on any atom is -1.00 e. The van der Waals surface area contributed by atoms with Crippen LogP contribution in [0.1, 0.15) is 12.8 Å². The van der Waals surface area contributed by atoms with Crippen LogP contribution in [-0.2, 0) is 0 Å². The van der Waals surface area contributed by atoms with Gasteiger partial charge in [-0.2, -0.15) is 10.5 Å². The van der Waals surface area contributed by atoms with Crippen LogP contribution in [0, 0.1) is 22.7 Å². The highest BCUT2D eigenvalue weighted by atomic mass is 79.9. The van der Waals surface area contributed by atoms with Crippen molar-refractivity contribution >= 4 is 0 Å². The van der Waals surface area contributed by atoms with Gasteiger partial charge < -0.3 is 25.9 Å². The molecule has 0 atom stereocenters. The average molecular weight is 304 g/mol. The zero-order valence-electron chi connectivity index (χ0n) is 11.4. The molecule has 17 heavy (non-hydrogen) atoms. The van der Waals surface area contributed by atoms with Crippen LogP contribution in [0.15, 0.2) is 0 Å². The lowest BCUT2D eigenvalue weighted by molar-refractivity contribution is -0.945. The molecule has 0 unspecified atom stereocenters. The zero-order chi connectivity index (χ0) is 12.7. The Balaban J connectivity index is 0. The van der Waals surface area contributed by atoms with Crippen molar-refractivity contribution in [3.63, 3.8) is 0 Å². The van der Waals surface area contributed by atoms with E-state index in [1.54, 1.807) is 0 Å². The van der Waals surface area contributed by atoms with E-state index in [0.29, 0.717) is 12.8 Å². The van der Waals surface area contributed by atoms with Gasteiger partial charge in [-0.15, -0.1) is 0 Å². The summed E-state index contributed by atoms with van der Waals surface area (Å²) in [5, 5.41) is 17.1.